The monoisotopic (exact) mass is 358 g/mol. The van der Waals surface area contributed by atoms with E-state index in [0.717, 1.165) is 42.7 Å². The molecule has 27 heavy (non-hydrogen) atoms. The van der Waals surface area contributed by atoms with Crippen LogP contribution in [0.2, 0.25) is 0 Å². The Bertz CT molecular complexity index is 1100. The highest BCUT2D eigenvalue weighted by atomic mass is 16.4. The van der Waals surface area contributed by atoms with Crippen molar-refractivity contribution < 1.29 is 8.83 Å². The maximum Gasteiger partial charge on any atom is 0.196 e. The number of benzene rings is 2. The van der Waals surface area contributed by atoms with Gasteiger partial charge in [-0.3, -0.25) is 0 Å². The smallest absolute Gasteiger partial charge is 0.196 e. The number of hydrogen-bond donors (Lipinski definition) is 1. The molecule has 2 aromatic heterocycles. The zero-order chi connectivity index (χ0) is 18.1. The van der Waals surface area contributed by atoms with Crippen molar-refractivity contribution in [2.24, 2.45) is 5.73 Å². The Morgan fingerprint density at radius 1 is 0.852 bits per heavy atom. The molecule has 2 heterocycles. The summed E-state index contributed by atoms with van der Waals surface area (Å²) in [6.07, 6.45) is 5.75. The van der Waals surface area contributed by atoms with E-state index in [-0.39, 0.29) is 6.04 Å². The predicted octanol–water partition coefficient (Wildman–Crippen LogP) is 4.21. The van der Waals surface area contributed by atoms with Crippen LogP contribution in [-0.2, 0) is 25.7 Å². The first kappa shape index (κ1) is 15.3. The van der Waals surface area contributed by atoms with E-state index in [2.05, 4.69) is 42.3 Å². The summed E-state index contributed by atoms with van der Waals surface area (Å²) in [5.41, 5.74) is 13.6. The molecule has 2 aliphatic rings. The molecule has 136 valence electrons. The quantitative estimate of drug-likeness (QED) is 0.583. The van der Waals surface area contributed by atoms with E-state index in [1.54, 1.807) is 6.26 Å². The van der Waals surface area contributed by atoms with Gasteiger partial charge in [-0.05, 0) is 78.3 Å². The van der Waals surface area contributed by atoms with Gasteiger partial charge in [-0.1, -0.05) is 0 Å². The molecule has 2 N–H and O–H groups in total. The Kier molecular flexibility index (Phi) is 3.07. The maximum atomic E-state index is 6.23. The fourth-order valence-corrected chi connectivity index (χ4v) is 4.87. The molecule has 0 unspecified atom stereocenters. The summed E-state index contributed by atoms with van der Waals surface area (Å²) in [4.78, 5) is 2.29. The average molecular weight is 358 g/mol. The fraction of sp³-hybridized carbons (Fsp3) is 0.304. The lowest BCUT2D eigenvalue weighted by Gasteiger charge is -2.23. The summed E-state index contributed by atoms with van der Waals surface area (Å²) in [5, 5.41) is 2.37. The summed E-state index contributed by atoms with van der Waals surface area (Å²) in [7, 11) is 2.14. The van der Waals surface area contributed by atoms with Crippen LogP contribution in [-0.4, -0.2) is 19.1 Å². The van der Waals surface area contributed by atoms with Crippen molar-refractivity contribution >= 4 is 27.8 Å². The van der Waals surface area contributed by atoms with Crippen molar-refractivity contribution in [3.05, 3.63) is 64.9 Å². The second-order valence-electron chi connectivity index (χ2n) is 8.16. The van der Waals surface area contributed by atoms with Crippen LogP contribution in [0.25, 0.3) is 21.9 Å². The molecule has 4 aromatic rings. The Hall–Kier alpha value is -2.72. The molecule has 0 bridgehead atoms. The molecule has 4 heteroatoms. The van der Waals surface area contributed by atoms with Gasteiger partial charge in [0.15, 0.2) is 5.88 Å². The molecular formula is C23H22N2O2. The minimum Gasteiger partial charge on any atom is -0.464 e. The van der Waals surface area contributed by atoms with Gasteiger partial charge >= 0.3 is 0 Å². The van der Waals surface area contributed by atoms with Gasteiger partial charge < -0.3 is 19.5 Å². The lowest BCUT2D eigenvalue weighted by Crippen LogP contribution is -2.31. The summed E-state index contributed by atoms with van der Waals surface area (Å²) in [6, 6.07) is 13.8. The predicted molar refractivity (Wildman–Crippen MR) is 107 cm³/mol. The van der Waals surface area contributed by atoms with E-state index in [0.29, 0.717) is 6.04 Å². The number of furan rings is 2. The van der Waals surface area contributed by atoms with Crippen LogP contribution in [0.1, 0.15) is 22.3 Å². The van der Waals surface area contributed by atoms with Gasteiger partial charge in [0, 0.05) is 36.0 Å². The van der Waals surface area contributed by atoms with Crippen molar-refractivity contribution in [1.29, 1.82) is 0 Å². The van der Waals surface area contributed by atoms with Gasteiger partial charge in [0.1, 0.15) is 11.2 Å². The summed E-state index contributed by atoms with van der Waals surface area (Å²) >= 11 is 0. The van der Waals surface area contributed by atoms with Gasteiger partial charge in [0.05, 0.1) is 6.26 Å². The SMILES string of the molecule is CN(c1cc2cc3c(cc2o1)C[C@@H](N)C3)[C@H]1Cc2cc3ccoc3cc2C1. The van der Waals surface area contributed by atoms with Crippen LogP contribution in [0.15, 0.2) is 51.5 Å². The number of likely N-dealkylation sites (N-methyl/N-ethyl adjacent to an activating group) is 1. The van der Waals surface area contributed by atoms with E-state index in [9.17, 15) is 0 Å². The Morgan fingerprint density at radius 2 is 1.52 bits per heavy atom. The zero-order valence-corrected chi connectivity index (χ0v) is 15.4. The highest BCUT2D eigenvalue weighted by molar-refractivity contribution is 5.83. The lowest BCUT2D eigenvalue weighted by atomic mass is 10.1. The number of nitrogens with zero attached hydrogens (tertiary/aromatic N) is 1. The first-order valence-electron chi connectivity index (χ1n) is 9.67. The maximum absolute atomic E-state index is 6.23. The molecule has 2 atom stereocenters. The number of hydrogen-bond acceptors (Lipinski definition) is 4. The molecule has 0 saturated carbocycles. The Morgan fingerprint density at radius 3 is 2.37 bits per heavy atom. The molecular weight excluding hydrogens is 336 g/mol. The average Bonchev–Trinajstić information content (AvgIpc) is 3.40. The van der Waals surface area contributed by atoms with E-state index < -0.39 is 0 Å². The standard InChI is InChI=1S/C23H22N2O2/c1-25(20-8-15-4-13-2-3-26-21(13)10-17(15)9-20)23-12-18-5-14-6-19(24)7-16(14)11-22(18)27-23/h2-5,10-12,19-20H,6-9,24H2,1H3/t19-,20-/m0/s1. The minimum absolute atomic E-state index is 0.256. The van der Waals surface area contributed by atoms with Crippen LogP contribution in [0, 0.1) is 0 Å². The minimum atomic E-state index is 0.256. The molecule has 0 aliphatic heterocycles. The molecule has 0 amide bonds. The highest BCUT2D eigenvalue weighted by Crippen LogP contribution is 2.35. The van der Waals surface area contributed by atoms with Crippen LogP contribution < -0.4 is 10.6 Å². The van der Waals surface area contributed by atoms with Gasteiger partial charge in [-0.15, -0.1) is 0 Å². The number of anilines is 1. The van der Waals surface area contributed by atoms with Crippen LogP contribution in [0.4, 0.5) is 5.88 Å². The van der Waals surface area contributed by atoms with E-state index in [4.69, 9.17) is 14.6 Å². The van der Waals surface area contributed by atoms with Gasteiger partial charge in [0.2, 0.25) is 0 Å². The van der Waals surface area contributed by atoms with Crippen molar-refractivity contribution in [1.82, 2.24) is 0 Å². The molecule has 4 nitrogen and oxygen atoms in total. The van der Waals surface area contributed by atoms with Gasteiger partial charge in [-0.2, -0.15) is 0 Å². The zero-order valence-electron chi connectivity index (χ0n) is 15.4. The number of nitrogens with two attached hydrogens (primary N) is 1. The fourth-order valence-electron chi connectivity index (χ4n) is 4.87. The molecule has 0 saturated heterocycles. The third-order valence-corrected chi connectivity index (χ3v) is 6.37. The third kappa shape index (κ3) is 2.33. The third-order valence-electron chi connectivity index (χ3n) is 6.37. The highest BCUT2D eigenvalue weighted by Gasteiger charge is 2.28. The van der Waals surface area contributed by atoms with E-state index in [1.807, 2.05) is 6.07 Å². The van der Waals surface area contributed by atoms with E-state index in [1.165, 1.54) is 33.0 Å². The van der Waals surface area contributed by atoms with Crippen molar-refractivity contribution in [2.75, 3.05) is 11.9 Å². The molecule has 6 rings (SSSR count). The van der Waals surface area contributed by atoms with Crippen molar-refractivity contribution in [3.8, 4) is 0 Å². The number of fused-ring (bicyclic) bond motifs is 4. The Balaban J connectivity index is 1.31. The normalized spacial score (nSPS) is 21.1. The van der Waals surface area contributed by atoms with Crippen molar-refractivity contribution in [2.45, 2.75) is 37.8 Å². The van der Waals surface area contributed by atoms with Crippen molar-refractivity contribution in [3.63, 3.8) is 0 Å². The first-order chi connectivity index (χ1) is 13.1. The second kappa shape index (κ2) is 5.40. The first-order valence-corrected chi connectivity index (χ1v) is 9.67. The van der Waals surface area contributed by atoms with Gasteiger partial charge in [-0.25, -0.2) is 0 Å². The molecule has 0 radical (unpaired) electrons. The summed E-state index contributed by atoms with van der Waals surface area (Å²) in [5.74, 6) is 0.944. The Labute approximate surface area is 157 Å². The molecule has 0 spiro atoms. The van der Waals surface area contributed by atoms with Crippen LogP contribution in [0.5, 0.6) is 0 Å². The molecule has 0 fully saturated rings. The topological polar surface area (TPSA) is 55.5 Å². The van der Waals surface area contributed by atoms with Crippen LogP contribution >= 0.6 is 0 Å². The molecule has 2 aromatic carbocycles. The largest absolute Gasteiger partial charge is 0.464 e. The van der Waals surface area contributed by atoms with E-state index >= 15 is 0 Å². The summed E-state index contributed by atoms with van der Waals surface area (Å²) in [6.45, 7) is 0. The van der Waals surface area contributed by atoms with Gasteiger partial charge in [0.25, 0.3) is 0 Å². The molecule has 2 aliphatic carbocycles. The second-order valence-corrected chi connectivity index (χ2v) is 8.16. The number of rotatable bonds is 2. The van der Waals surface area contributed by atoms with Crippen LogP contribution in [0.3, 0.4) is 0 Å². The summed E-state index contributed by atoms with van der Waals surface area (Å²) < 4.78 is 11.8. The lowest BCUT2D eigenvalue weighted by molar-refractivity contribution is 0.554.